The van der Waals surface area contributed by atoms with Crippen LogP contribution in [0.3, 0.4) is 0 Å². The minimum absolute atomic E-state index is 0.0691. The summed E-state index contributed by atoms with van der Waals surface area (Å²) >= 11 is 0. The summed E-state index contributed by atoms with van der Waals surface area (Å²) in [4.78, 5) is 36.5. The van der Waals surface area contributed by atoms with Crippen molar-refractivity contribution < 1.29 is 24.2 Å². The predicted molar refractivity (Wildman–Crippen MR) is 119 cm³/mol. The lowest BCUT2D eigenvalue weighted by Gasteiger charge is -2.21. The minimum Gasteiger partial charge on any atom is -0.480 e. The van der Waals surface area contributed by atoms with Crippen molar-refractivity contribution in [1.82, 2.24) is 10.6 Å². The Morgan fingerprint density at radius 2 is 1.56 bits per heavy atom. The van der Waals surface area contributed by atoms with Gasteiger partial charge in [0.15, 0.2) is 0 Å². The average Bonchev–Trinajstić information content (AvgIpc) is 3.55. The van der Waals surface area contributed by atoms with E-state index < -0.39 is 30.1 Å². The first-order chi connectivity index (χ1) is 15.5. The number of nitrogens with one attached hydrogen (secondary N) is 2. The Bertz CT molecular complexity index is 971. The van der Waals surface area contributed by atoms with E-state index in [-0.39, 0.29) is 18.9 Å². The van der Waals surface area contributed by atoms with Crippen LogP contribution in [-0.4, -0.2) is 41.8 Å². The smallest absolute Gasteiger partial charge is 0.407 e. The molecule has 7 nitrogen and oxygen atoms in total. The number of carboxylic acid groups (broad SMARTS) is 1. The molecule has 0 radical (unpaired) electrons. The third-order valence-electron chi connectivity index (χ3n) is 6.24. The molecule has 4 rings (SSSR count). The molecule has 0 heterocycles. The predicted octanol–water partition coefficient (Wildman–Crippen LogP) is 3.67. The van der Waals surface area contributed by atoms with Crippen molar-refractivity contribution in [2.24, 2.45) is 5.92 Å². The van der Waals surface area contributed by atoms with Crippen LogP contribution in [0.4, 0.5) is 4.79 Å². The molecule has 2 aliphatic carbocycles. The molecular formula is C25H28N2O5. The van der Waals surface area contributed by atoms with Crippen molar-refractivity contribution in [3.63, 3.8) is 0 Å². The summed E-state index contributed by atoms with van der Waals surface area (Å²) in [6.45, 7) is 1.85. The second-order valence-electron chi connectivity index (χ2n) is 8.51. The fraction of sp³-hybridized carbons (Fsp3) is 0.400. The zero-order valence-electron chi connectivity index (χ0n) is 18.0. The van der Waals surface area contributed by atoms with Crippen LogP contribution in [0.2, 0.25) is 0 Å². The van der Waals surface area contributed by atoms with Crippen LogP contribution in [0.15, 0.2) is 48.5 Å². The molecule has 32 heavy (non-hydrogen) atoms. The lowest BCUT2D eigenvalue weighted by Crippen LogP contribution is -2.51. The van der Waals surface area contributed by atoms with E-state index >= 15 is 0 Å². The number of fused-ring (bicyclic) bond motifs is 3. The van der Waals surface area contributed by atoms with Crippen LogP contribution in [-0.2, 0) is 14.3 Å². The van der Waals surface area contributed by atoms with E-state index in [4.69, 9.17) is 4.74 Å². The fourth-order valence-corrected chi connectivity index (χ4v) is 4.31. The summed E-state index contributed by atoms with van der Waals surface area (Å²) in [6.07, 6.45) is 2.09. The summed E-state index contributed by atoms with van der Waals surface area (Å²) in [7, 11) is 0. The summed E-state index contributed by atoms with van der Waals surface area (Å²) < 4.78 is 5.55. The van der Waals surface area contributed by atoms with Crippen molar-refractivity contribution in [1.29, 1.82) is 0 Å². The lowest BCUT2D eigenvalue weighted by molar-refractivity contribution is -0.142. The van der Waals surface area contributed by atoms with Gasteiger partial charge in [-0.15, -0.1) is 0 Å². The molecule has 0 aromatic heterocycles. The monoisotopic (exact) mass is 436 g/mol. The topological polar surface area (TPSA) is 105 Å². The molecule has 1 unspecified atom stereocenters. The molecule has 168 valence electrons. The van der Waals surface area contributed by atoms with Gasteiger partial charge < -0.3 is 20.5 Å². The van der Waals surface area contributed by atoms with Gasteiger partial charge in [0.2, 0.25) is 5.91 Å². The number of hydrogen-bond donors (Lipinski definition) is 3. The SMILES string of the molecule is CC[C@H](NC(=O)C(CC1CC1)NC(=O)OCC1c2ccccc2-c2ccccc21)C(=O)O. The number of carbonyl (C=O) groups is 3. The highest BCUT2D eigenvalue weighted by atomic mass is 16.5. The van der Waals surface area contributed by atoms with Crippen molar-refractivity contribution >= 4 is 18.0 Å². The minimum atomic E-state index is -1.09. The van der Waals surface area contributed by atoms with Gasteiger partial charge in [0.25, 0.3) is 0 Å². The first-order valence-electron chi connectivity index (χ1n) is 11.1. The molecule has 1 saturated carbocycles. The Balaban J connectivity index is 1.40. The number of amides is 2. The molecular weight excluding hydrogens is 408 g/mol. The van der Waals surface area contributed by atoms with Gasteiger partial charge in [0, 0.05) is 5.92 Å². The standard InChI is InChI=1S/C25H28N2O5/c1-2-21(24(29)30)26-23(28)22(13-15-11-12-15)27-25(31)32-14-20-18-9-5-3-7-16(18)17-8-4-6-10-19(17)20/h3-10,15,20-22H,2,11-14H2,1H3,(H,26,28)(H,27,31)(H,29,30)/t21-,22?/m0/s1. The molecule has 2 aromatic rings. The fourth-order valence-electron chi connectivity index (χ4n) is 4.31. The van der Waals surface area contributed by atoms with E-state index in [0.717, 1.165) is 35.1 Å². The van der Waals surface area contributed by atoms with Crippen molar-refractivity contribution in [3.05, 3.63) is 59.7 Å². The summed E-state index contributed by atoms with van der Waals surface area (Å²) in [5, 5.41) is 14.4. The average molecular weight is 437 g/mol. The van der Waals surface area contributed by atoms with Crippen LogP contribution < -0.4 is 10.6 Å². The maximum atomic E-state index is 12.7. The zero-order valence-corrected chi connectivity index (χ0v) is 18.0. The Hall–Kier alpha value is -3.35. The molecule has 1 fully saturated rings. The van der Waals surface area contributed by atoms with E-state index in [1.807, 2.05) is 36.4 Å². The molecule has 0 spiro atoms. The highest BCUT2D eigenvalue weighted by Crippen LogP contribution is 2.44. The van der Waals surface area contributed by atoms with Gasteiger partial charge in [-0.2, -0.15) is 0 Å². The number of hydrogen-bond acceptors (Lipinski definition) is 4. The normalized spacial score (nSPS) is 16.4. The highest BCUT2D eigenvalue weighted by Gasteiger charge is 2.33. The van der Waals surface area contributed by atoms with Gasteiger partial charge in [-0.1, -0.05) is 68.3 Å². The van der Waals surface area contributed by atoms with Crippen LogP contribution in [0.1, 0.15) is 49.7 Å². The van der Waals surface area contributed by atoms with Gasteiger partial charge in [-0.05, 0) is 41.0 Å². The summed E-state index contributed by atoms with van der Waals surface area (Å²) in [5.41, 5.74) is 4.51. The molecule has 2 aromatic carbocycles. The molecule has 0 bridgehead atoms. The van der Waals surface area contributed by atoms with Gasteiger partial charge in [0.1, 0.15) is 18.7 Å². The first-order valence-corrected chi connectivity index (χ1v) is 11.1. The van der Waals surface area contributed by atoms with Gasteiger partial charge in [-0.25, -0.2) is 9.59 Å². The maximum Gasteiger partial charge on any atom is 0.407 e. The number of ether oxygens (including phenoxy) is 1. The first kappa shape index (κ1) is 21.9. The van der Waals surface area contributed by atoms with Gasteiger partial charge in [0.05, 0.1) is 0 Å². The summed E-state index contributed by atoms with van der Waals surface area (Å²) in [6, 6.07) is 14.4. The Kier molecular flexibility index (Phi) is 6.44. The van der Waals surface area contributed by atoms with Crippen LogP contribution in [0.5, 0.6) is 0 Å². The number of carboxylic acids is 1. The molecule has 3 N–H and O–H groups in total. The third-order valence-corrected chi connectivity index (χ3v) is 6.24. The van der Waals surface area contributed by atoms with Crippen LogP contribution in [0.25, 0.3) is 11.1 Å². The van der Waals surface area contributed by atoms with Crippen LogP contribution in [0, 0.1) is 5.92 Å². The molecule has 2 aliphatic rings. The molecule has 2 atom stereocenters. The Morgan fingerprint density at radius 3 is 2.09 bits per heavy atom. The molecule has 0 saturated heterocycles. The second-order valence-corrected chi connectivity index (χ2v) is 8.51. The van der Waals surface area contributed by atoms with Crippen LogP contribution >= 0.6 is 0 Å². The second kappa shape index (κ2) is 9.42. The van der Waals surface area contributed by atoms with Gasteiger partial charge in [-0.3, -0.25) is 4.79 Å². The Morgan fingerprint density at radius 1 is 0.969 bits per heavy atom. The third kappa shape index (κ3) is 4.77. The number of carbonyl (C=O) groups excluding carboxylic acids is 2. The van der Waals surface area contributed by atoms with E-state index in [2.05, 4.69) is 22.8 Å². The van der Waals surface area contributed by atoms with E-state index in [9.17, 15) is 19.5 Å². The molecule has 0 aliphatic heterocycles. The molecule has 7 heteroatoms. The van der Waals surface area contributed by atoms with E-state index in [1.54, 1.807) is 6.92 Å². The molecule has 2 amide bonds. The number of benzene rings is 2. The number of aliphatic carboxylic acids is 1. The van der Waals surface area contributed by atoms with Gasteiger partial charge >= 0.3 is 12.1 Å². The number of rotatable bonds is 9. The van der Waals surface area contributed by atoms with Crippen molar-refractivity contribution in [2.45, 2.75) is 50.6 Å². The van der Waals surface area contributed by atoms with E-state index in [1.165, 1.54) is 0 Å². The lowest BCUT2D eigenvalue weighted by atomic mass is 9.98. The summed E-state index contributed by atoms with van der Waals surface area (Å²) in [5.74, 6) is -1.28. The largest absolute Gasteiger partial charge is 0.480 e. The number of alkyl carbamates (subject to hydrolysis) is 1. The van der Waals surface area contributed by atoms with Crippen molar-refractivity contribution in [2.75, 3.05) is 6.61 Å². The quantitative estimate of drug-likeness (QED) is 0.556. The highest BCUT2D eigenvalue weighted by molar-refractivity contribution is 5.89. The Labute approximate surface area is 187 Å². The maximum absolute atomic E-state index is 12.7. The zero-order chi connectivity index (χ0) is 22.7. The van der Waals surface area contributed by atoms with E-state index in [0.29, 0.717) is 12.3 Å². The van der Waals surface area contributed by atoms with Crippen molar-refractivity contribution in [3.8, 4) is 11.1 Å².